The Bertz CT molecular complexity index is 565. The minimum atomic E-state index is -2.26. The van der Waals surface area contributed by atoms with Gasteiger partial charge >= 0.3 is 5.97 Å². The molecular formula is C16H28N4O6. The van der Waals surface area contributed by atoms with Crippen LogP contribution in [0, 0.1) is 0 Å². The van der Waals surface area contributed by atoms with E-state index in [1.807, 2.05) is 0 Å². The van der Waals surface area contributed by atoms with Gasteiger partial charge in [0.05, 0.1) is 6.04 Å². The van der Waals surface area contributed by atoms with E-state index in [0.717, 1.165) is 20.8 Å². The van der Waals surface area contributed by atoms with Crippen molar-refractivity contribution in [2.24, 2.45) is 11.5 Å². The predicted octanol–water partition coefficient (Wildman–Crippen LogP) is -1.25. The Morgan fingerprint density at radius 3 is 2.00 bits per heavy atom. The fourth-order valence-electron chi connectivity index (χ4n) is 2.57. The van der Waals surface area contributed by atoms with E-state index in [0.29, 0.717) is 24.3 Å². The average molecular weight is 372 g/mol. The van der Waals surface area contributed by atoms with Gasteiger partial charge in [-0.15, -0.1) is 0 Å². The van der Waals surface area contributed by atoms with Crippen molar-refractivity contribution in [1.82, 2.24) is 10.2 Å². The molecule has 0 radical (unpaired) electrons. The maximum atomic E-state index is 12.9. The molecule has 0 bridgehead atoms. The van der Waals surface area contributed by atoms with Gasteiger partial charge in [0.1, 0.15) is 6.04 Å². The van der Waals surface area contributed by atoms with Gasteiger partial charge in [0.25, 0.3) is 5.91 Å². The number of carbonyl (C=O) groups is 5. The van der Waals surface area contributed by atoms with Crippen molar-refractivity contribution in [3.05, 3.63) is 0 Å². The average Bonchev–Trinajstić information content (AvgIpc) is 2.52. The zero-order valence-corrected chi connectivity index (χ0v) is 15.6. The topological polar surface area (TPSA) is 173 Å². The Balaban J connectivity index is 5.90. The highest BCUT2D eigenvalue weighted by molar-refractivity contribution is 6.18. The molecule has 0 aliphatic carbocycles. The van der Waals surface area contributed by atoms with Gasteiger partial charge in [0.2, 0.25) is 11.8 Å². The van der Waals surface area contributed by atoms with Gasteiger partial charge in [-0.05, 0) is 33.2 Å². The quantitative estimate of drug-likeness (QED) is 0.272. The first-order valence-electron chi connectivity index (χ1n) is 8.26. The van der Waals surface area contributed by atoms with Crippen molar-refractivity contribution in [3.63, 3.8) is 0 Å². The largest absolute Gasteiger partial charge is 0.480 e. The zero-order chi connectivity index (χ0) is 20.7. The minimum Gasteiger partial charge on any atom is -0.480 e. The van der Waals surface area contributed by atoms with Crippen LogP contribution in [0.1, 0.15) is 47.0 Å². The molecule has 0 aromatic carbocycles. The van der Waals surface area contributed by atoms with Crippen molar-refractivity contribution >= 4 is 29.5 Å². The number of ketones is 1. The molecule has 3 amide bonds. The Kier molecular flexibility index (Phi) is 9.08. The Morgan fingerprint density at radius 1 is 1.12 bits per heavy atom. The SMILES string of the molecule is CC(=O)N(C(C)=O)[C@](C)(C(=O)N[C@H](C)C(=O)O)C(=O)[C@@H](N)CCCCN. The molecule has 26 heavy (non-hydrogen) atoms. The molecule has 10 nitrogen and oxygen atoms in total. The lowest BCUT2D eigenvalue weighted by atomic mass is 9.86. The van der Waals surface area contributed by atoms with Gasteiger partial charge in [-0.25, -0.2) is 0 Å². The van der Waals surface area contributed by atoms with Gasteiger partial charge in [-0.3, -0.25) is 28.9 Å². The second-order valence-electron chi connectivity index (χ2n) is 6.23. The lowest BCUT2D eigenvalue weighted by Gasteiger charge is -2.38. The summed E-state index contributed by atoms with van der Waals surface area (Å²) in [6.45, 7) is 4.74. The van der Waals surface area contributed by atoms with Gasteiger partial charge in [0.15, 0.2) is 11.3 Å². The van der Waals surface area contributed by atoms with Crippen molar-refractivity contribution in [1.29, 1.82) is 0 Å². The number of rotatable bonds is 10. The second-order valence-corrected chi connectivity index (χ2v) is 6.23. The smallest absolute Gasteiger partial charge is 0.325 e. The molecule has 0 fully saturated rings. The number of aliphatic carboxylic acids is 1. The second kappa shape index (κ2) is 9.97. The number of nitrogens with two attached hydrogens (primary N) is 2. The molecule has 0 aliphatic heterocycles. The number of nitrogens with one attached hydrogen (secondary N) is 1. The zero-order valence-electron chi connectivity index (χ0n) is 15.6. The van der Waals surface area contributed by atoms with E-state index in [9.17, 15) is 24.0 Å². The molecule has 0 aromatic rings. The van der Waals surface area contributed by atoms with Crippen LogP contribution in [0.15, 0.2) is 0 Å². The summed E-state index contributed by atoms with van der Waals surface area (Å²) in [6, 6.07) is -2.46. The van der Waals surface area contributed by atoms with Crippen LogP contribution in [-0.4, -0.2) is 63.6 Å². The van der Waals surface area contributed by atoms with E-state index >= 15 is 0 Å². The number of carboxylic acid groups (broad SMARTS) is 1. The standard InChI is InChI=1S/C16H28N4O6/c1-9(14(24)25)19-15(26)16(4,20(10(2)21)11(3)22)13(23)12(18)7-5-6-8-17/h9,12H,5-8,17-18H2,1-4H3,(H,19,26)(H,24,25)/t9-,12+,16+/m1/s1. The normalized spacial score (nSPS) is 15.3. The minimum absolute atomic E-state index is 0.205. The van der Waals surface area contributed by atoms with Crippen LogP contribution in [0.2, 0.25) is 0 Å². The van der Waals surface area contributed by atoms with Crippen molar-refractivity contribution in [2.75, 3.05) is 6.54 Å². The van der Waals surface area contributed by atoms with Crippen LogP contribution in [0.4, 0.5) is 0 Å². The number of hydrogen-bond donors (Lipinski definition) is 4. The van der Waals surface area contributed by atoms with E-state index < -0.39 is 47.1 Å². The highest BCUT2D eigenvalue weighted by atomic mass is 16.4. The third-order valence-electron chi connectivity index (χ3n) is 4.02. The first-order valence-corrected chi connectivity index (χ1v) is 8.26. The number of imide groups is 1. The molecule has 0 saturated heterocycles. The monoisotopic (exact) mass is 372 g/mol. The number of nitrogens with zero attached hydrogens (tertiary/aromatic N) is 1. The van der Waals surface area contributed by atoms with Crippen LogP contribution in [0.5, 0.6) is 0 Å². The number of carboxylic acids is 1. The number of Topliss-reactive ketones (excluding diaryl/α,β-unsaturated/α-hetero) is 1. The summed E-state index contributed by atoms with van der Waals surface area (Å²) in [4.78, 5) is 61.0. The molecule has 0 spiro atoms. The van der Waals surface area contributed by atoms with E-state index in [-0.39, 0.29) is 6.42 Å². The summed E-state index contributed by atoms with van der Waals surface area (Å²) in [5, 5.41) is 11.1. The summed E-state index contributed by atoms with van der Waals surface area (Å²) < 4.78 is 0. The van der Waals surface area contributed by atoms with E-state index in [1.165, 1.54) is 6.92 Å². The molecule has 3 atom stereocenters. The van der Waals surface area contributed by atoms with Crippen LogP contribution < -0.4 is 16.8 Å². The molecule has 0 aromatic heterocycles. The Labute approximate surface area is 152 Å². The van der Waals surface area contributed by atoms with Crippen molar-refractivity contribution < 1.29 is 29.1 Å². The number of unbranched alkanes of at least 4 members (excludes halogenated alkanes) is 1. The predicted molar refractivity (Wildman–Crippen MR) is 92.7 cm³/mol. The lowest BCUT2D eigenvalue weighted by molar-refractivity contribution is -0.162. The molecule has 148 valence electrons. The third kappa shape index (κ3) is 5.60. The molecule has 6 N–H and O–H groups in total. The summed E-state index contributed by atoms with van der Waals surface area (Å²) in [6.07, 6.45) is 1.34. The molecule has 0 heterocycles. The van der Waals surface area contributed by atoms with Gasteiger partial charge in [0, 0.05) is 13.8 Å². The summed E-state index contributed by atoms with van der Waals surface area (Å²) >= 11 is 0. The fraction of sp³-hybridized carbons (Fsp3) is 0.688. The van der Waals surface area contributed by atoms with Gasteiger partial charge in [-0.2, -0.15) is 0 Å². The summed E-state index contributed by atoms with van der Waals surface area (Å²) in [5.41, 5.74) is 9.01. The highest BCUT2D eigenvalue weighted by Crippen LogP contribution is 2.21. The van der Waals surface area contributed by atoms with E-state index in [2.05, 4.69) is 5.32 Å². The summed E-state index contributed by atoms with van der Waals surface area (Å²) in [7, 11) is 0. The first-order chi connectivity index (χ1) is 11.9. The molecule has 0 saturated carbocycles. The molecular weight excluding hydrogens is 344 g/mol. The third-order valence-corrected chi connectivity index (χ3v) is 4.02. The van der Waals surface area contributed by atoms with Crippen molar-refractivity contribution in [3.8, 4) is 0 Å². The first kappa shape index (κ1) is 23.7. The molecule has 0 rings (SSSR count). The van der Waals surface area contributed by atoms with Crippen LogP contribution in [0.3, 0.4) is 0 Å². The number of hydrogen-bond acceptors (Lipinski definition) is 7. The van der Waals surface area contributed by atoms with Crippen LogP contribution in [-0.2, 0) is 24.0 Å². The van der Waals surface area contributed by atoms with E-state index in [1.54, 1.807) is 0 Å². The summed E-state index contributed by atoms with van der Waals surface area (Å²) in [5.74, 6) is -4.94. The van der Waals surface area contributed by atoms with Crippen molar-refractivity contribution in [2.45, 2.75) is 64.6 Å². The van der Waals surface area contributed by atoms with Crippen LogP contribution in [0.25, 0.3) is 0 Å². The number of carbonyl (C=O) groups excluding carboxylic acids is 4. The maximum absolute atomic E-state index is 12.9. The number of amides is 3. The van der Waals surface area contributed by atoms with Gasteiger partial charge in [-0.1, -0.05) is 6.42 Å². The lowest BCUT2D eigenvalue weighted by Crippen LogP contribution is -2.68. The maximum Gasteiger partial charge on any atom is 0.325 e. The van der Waals surface area contributed by atoms with Gasteiger partial charge < -0.3 is 21.9 Å². The van der Waals surface area contributed by atoms with E-state index in [4.69, 9.17) is 16.6 Å². The molecule has 0 aliphatic rings. The highest BCUT2D eigenvalue weighted by Gasteiger charge is 2.51. The fourth-order valence-corrected chi connectivity index (χ4v) is 2.57. The van der Waals surface area contributed by atoms with Crippen LogP contribution >= 0.6 is 0 Å². The molecule has 10 heteroatoms. The Morgan fingerprint density at radius 2 is 1.62 bits per heavy atom. The Hall–Kier alpha value is -2.33. The molecule has 0 unspecified atom stereocenters.